The molecule has 0 unspecified atom stereocenters. The highest BCUT2D eigenvalue weighted by Gasteiger charge is 2.31. The van der Waals surface area contributed by atoms with Gasteiger partial charge in [-0.3, -0.25) is 9.59 Å². The monoisotopic (exact) mass is 360 g/mol. The van der Waals surface area contributed by atoms with Gasteiger partial charge >= 0.3 is 5.97 Å². The van der Waals surface area contributed by atoms with Crippen LogP contribution in [0.2, 0.25) is 5.02 Å². The summed E-state index contributed by atoms with van der Waals surface area (Å²) < 4.78 is 2.00. The third kappa shape index (κ3) is 3.56. The molecular formula is C19H21ClN2O3. The van der Waals surface area contributed by atoms with Crippen LogP contribution in [0.5, 0.6) is 0 Å². The molecule has 1 aromatic carbocycles. The molecule has 0 radical (unpaired) electrons. The second-order valence-corrected chi connectivity index (χ2v) is 7.06. The zero-order valence-electron chi connectivity index (χ0n) is 14.3. The molecule has 2 atom stereocenters. The molecule has 25 heavy (non-hydrogen) atoms. The van der Waals surface area contributed by atoms with Crippen LogP contribution in [0.15, 0.2) is 30.3 Å². The predicted molar refractivity (Wildman–Crippen MR) is 96.5 cm³/mol. The molecule has 3 rings (SSSR count). The van der Waals surface area contributed by atoms with Gasteiger partial charge in [0.25, 0.3) is 5.91 Å². The third-order valence-corrected chi connectivity index (χ3v) is 5.09. The topological polar surface area (TPSA) is 71.3 Å². The molecule has 1 aliphatic rings. The van der Waals surface area contributed by atoms with Crippen LogP contribution in [0.4, 0.5) is 0 Å². The predicted octanol–water partition coefficient (Wildman–Crippen LogP) is 3.73. The summed E-state index contributed by atoms with van der Waals surface area (Å²) in [5.41, 5.74) is 3.30. The molecule has 132 valence electrons. The zero-order chi connectivity index (χ0) is 18.1. The van der Waals surface area contributed by atoms with Crippen molar-refractivity contribution in [3.63, 3.8) is 0 Å². The number of halogens is 1. The Labute approximate surface area is 151 Å². The van der Waals surface area contributed by atoms with E-state index in [9.17, 15) is 9.59 Å². The van der Waals surface area contributed by atoms with E-state index in [0.29, 0.717) is 29.8 Å². The number of aliphatic carboxylic acids is 1. The molecule has 1 aliphatic carbocycles. The van der Waals surface area contributed by atoms with Crippen molar-refractivity contribution in [2.75, 3.05) is 0 Å². The lowest BCUT2D eigenvalue weighted by atomic mass is 10.1. The molecule has 6 heteroatoms. The number of nitrogens with zero attached hydrogens (tertiary/aromatic N) is 1. The van der Waals surface area contributed by atoms with E-state index in [1.807, 2.05) is 48.7 Å². The Hall–Kier alpha value is -2.27. The van der Waals surface area contributed by atoms with Crippen molar-refractivity contribution in [1.29, 1.82) is 0 Å². The van der Waals surface area contributed by atoms with Crippen molar-refractivity contribution in [1.82, 2.24) is 9.88 Å². The number of carbonyl (C=O) groups is 2. The molecule has 1 heterocycles. The van der Waals surface area contributed by atoms with Crippen LogP contribution in [0.1, 0.15) is 41.0 Å². The van der Waals surface area contributed by atoms with Gasteiger partial charge in [0, 0.05) is 28.1 Å². The van der Waals surface area contributed by atoms with Gasteiger partial charge in [0.1, 0.15) is 0 Å². The largest absolute Gasteiger partial charge is 0.481 e. The Bertz CT molecular complexity index is 828. The summed E-state index contributed by atoms with van der Waals surface area (Å²) in [6, 6.07) is 9.27. The molecule has 0 bridgehead atoms. The van der Waals surface area contributed by atoms with E-state index in [2.05, 4.69) is 5.32 Å². The normalized spacial score (nSPS) is 19.8. The van der Waals surface area contributed by atoms with Crippen LogP contribution >= 0.6 is 11.6 Å². The van der Waals surface area contributed by atoms with Crippen molar-refractivity contribution >= 4 is 23.5 Å². The zero-order valence-corrected chi connectivity index (χ0v) is 15.0. The van der Waals surface area contributed by atoms with E-state index in [1.165, 1.54) is 0 Å². The van der Waals surface area contributed by atoms with Crippen molar-refractivity contribution in [3.05, 3.63) is 52.3 Å². The fourth-order valence-corrected chi connectivity index (χ4v) is 3.79. The van der Waals surface area contributed by atoms with Crippen molar-refractivity contribution in [3.8, 4) is 5.69 Å². The fourth-order valence-electron chi connectivity index (χ4n) is 3.61. The molecule has 0 aliphatic heterocycles. The lowest BCUT2D eigenvalue weighted by molar-refractivity contribution is -0.141. The number of benzene rings is 1. The second-order valence-electron chi connectivity index (χ2n) is 6.62. The molecule has 2 aromatic rings. The van der Waals surface area contributed by atoms with E-state index >= 15 is 0 Å². The lowest BCUT2D eigenvalue weighted by Gasteiger charge is -2.13. The summed E-state index contributed by atoms with van der Waals surface area (Å²) in [6.07, 6.45) is 1.81. The standard InChI is InChI=1S/C19H21ClN2O3/c1-11-8-17(12(2)22(11)16-5-3-4-14(20)10-16)18(23)21-15-7-6-13(9-15)19(24)25/h3-5,8,10,13,15H,6-7,9H2,1-2H3,(H,21,23)(H,24,25)/t13-,15+/m0/s1. The SMILES string of the molecule is Cc1cc(C(=O)N[C@@H]2CC[C@H](C(=O)O)C2)c(C)n1-c1cccc(Cl)c1. The fraction of sp³-hybridized carbons (Fsp3) is 0.368. The van der Waals surface area contributed by atoms with Crippen LogP contribution in [0, 0.1) is 19.8 Å². The smallest absolute Gasteiger partial charge is 0.306 e. The summed E-state index contributed by atoms with van der Waals surface area (Å²) in [5, 5.41) is 12.7. The first kappa shape index (κ1) is 17.5. The molecule has 2 N–H and O–H groups in total. The van der Waals surface area contributed by atoms with E-state index in [0.717, 1.165) is 17.1 Å². The van der Waals surface area contributed by atoms with E-state index in [-0.39, 0.29) is 17.9 Å². The minimum Gasteiger partial charge on any atom is -0.481 e. The number of nitrogens with one attached hydrogen (secondary N) is 1. The van der Waals surface area contributed by atoms with Crippen LogP contribution in [-0.2, 0) is 4.79 Å². The first-order chi connectivity index (χ1) is 11.9. The number of carbonyl (C=O) groups excluding carboxylic acids is 1. The van der Waals surface area contributed by atoms with Crippen molar-refractivity contribution < 1.29 is 14.7 Å². The molecule has 0 saturated heterocycles. The van der Waals surface area contributed by atoms with Gasteiger partial charge in [-0.05, 0) is 57.4 Å². The quantitative estimate of drug-likeness (QED) is 0.872. The summed E-state index contributed by atoms with van der Waals surface area (Å²) in [4.78, 5) is 23.7. The Kier molecular flexibility index (Phi) is 4.86. The van der Waals surface area contributed by atoms with Crippen LogP contribution in [0.3, 0.4) is 0 Å². The minimum atomic E-state index is -0.782. The third-order valence-electron chi connectivity index (χ3n) is 4.86. The second kappa shape index (κ2) is 6.92. The average Bonchev–Trinajstić information content (AvgIpc) is 3.12. The summed E-state index contributed by atoms with van der Waals surface area (Å²) >= 11 is 6.08. The highest BCUT2D eigenvalue weighted by Crippen LogP contribution is 2.27. The number of aryl methyl sites for hydroxylation is 1. The van der Waals surface area contributed by atoms with E-state index in [1.54, 1.807) is 0 Å². The molecule has 1 saturated carbocycles. The average molecular weight is 361 g/mol. The van der Waals surface area contributed by atoms with Crippen LogP contribution in [-0.4, -0.2) is 27.6 Å². The van der Waals surface area contributed by atoms with Gasteiger partial charge in [-0.15, -0.1) is 0 Å². The van der Waals surface area contributed by atoms with Gasteiger partial charge in [-0.2, -0.15) is 0 Å². The summed E-state index contributed by atoms with van der Waals surface area (Å²) in [6.45, 7) is 3.85. The number of carboxylic acid groups (broad SMARTS) is 1. The van der Waals surface area contributed by atoms with E-state index in [4.69, 9.17) is 16.7 Å². The van der Waals surface area contributed by atoms with Crippen molar-refractivity contribution in [2.24, 2.45) is 5.92 Å². The first-order valence-corrected chi connectivity index (χ1v) is 8.73. The molecular weight excluding hydrogens is 340 g/mol. The van der Waals surface area contributed by atoms with Crippen LogP contribution in [0.25, 0.3) is 5.69 Å². The Balaban J connectivity index is 1.81. The number of rotatable bonds is 4. The van der Waals surface area contributed by atoms with Gasteiger partial charge in [-0.1, -0.05) is 17.7 Å². The van der Waals surface area contributed by atoms with Gasteiger partial charge < -0.3 is 15.0 Å². The summed E-state index contributed by atoms with van der Waals surface area (Å²) in [5.74, 6) is -1.29. The van der Waals surface area contributed by atoms with E-state index < -0.39 is 5.97 Å². The number of hydrogen-bond donors (Lipinski definition) is 2. The lowest BCUT2D eigenvalue weighted by Crippen LogP contribution is -2.33. The van der Waals surface area contributed by atoms with Gasteiger partial charge in [0.05, 0.1) is 11.5 Å². The maximum atomic E-state index is 12.7. The molecule has 1 aromatic heterocycles. The number of carboxylic acids is 1. The Morgan fingerprint density at radius 2 is 2.00 bits per heavy atom. The molecule has 5 nitrogen and oxygen atoms in total. The summed E-state index contributed by atoms with van der Waals surface area (Å²) in [7, 11) is 0. The first-order valence-electron chi connectivity index (χ1n) is 8.35. The maximum Gasteiger partial charge on any atom is 0.306 e. The van der Waals surface area contributed by atoms with Gasteiger partial charge in [0.15, 0.2) is 0 Å². The number of amides is 1. The molecule has 1 fully saturated rings. The Morgan fingerprint density at radius 1 is 1.24 bits per heavy atom. The highest BCUT2D eigenvalue weighted by atomic mass is 35.5. The van der Waals surface area contributed by atoms with Gasteiger partial charge in [0.2, 0.25) is 0 Å². The van der Waals surface area contributed by atoms with Gasteiger partial charge in [-0.25, -0.2) is 0 Å². The Morgan fingerprint density at radius 3 is 2.64 bits per heavy atom. The van der Waals surface area contributed by atoms with Crippen molar-refractivity contribution in [2.45, 2.75) is 39.2 Å². The number of hydrogen-bond acceptors (Lipinski definition) is 2. The molecule has 0 spiro atoms. The number of aromatic nitrogens is 1. The molecule has 1 amide bonds. The maximum absolute atomic E-state index is 12.7. The highest BCUT2D eigenvalue weighted by molar-refractivity contribution is 6.30. The minimum absolute atomic E-state index is 0.0807. The van der Waals surface area contributed by atoms with Crippen LogP contribution < -0.4 is 5.32 Å².